The van der Waals surface area contributed by atoms with Crippen LogP contribution in [0.2, 0.25) is 0 Å². The third-order valence-electron chi connectivity index (χ3n) is 3.10. The average Bonchev–Trinajstić information content (AvgIpc) is 2.88. The second-order valence-corrected chi connectivity index (χ2v) is 5.55. The number of thiophene rings is 1. The van der Waals surface area contributed by atoms with E-state index in [1.165, 1.54) is 24.1 Å². The van der Waals surface area contributed by atoms with E-state index in [4.69, 9.17) is 5.73 Å². The van der Waals surface area contributed by atoms with Crippen LogP contribution in [0.25, 0.3) is 0 Å². The van der Waals surface area contributed by atoms with Gasteiger partial charge in [0.25, 0.3) is 0 Å². The predicted octanol–water partition coefficient (Wildman–Crippen LogP) is 2.83. The highest BCUT2D eigenvalue weighted by Crippen LogP contribution is 2.31. The van der Waals surface area contributed by atoms with Crippen molar-refractivity contribution in [2.45, 2.75) is 25.8 Å². The molecule has 0 fully saturated rings. The van der Waals surface area contributed by atoms with E-state index >= 15 is 0 Å². The van der Waals surface area contributed by atoms with Crippen molar-refractivity contribution in [1.82, 2.24) is 4.98 Å². The molecule has 0 aliphatic heterocycles. The largest absolute Gasteiger partial charge is 0.396 e. The highest BCUT2D eigenvalue weighted by atomic mass is 32.1. The minimum absolute atomic E-state index is 0.705. The quantitative estimate of drug-likeness (QED) is 0.874. The second-order valence-electron chi connectivity index (χ2n) is 4.33. The number of hydrogen-bond acceptors (Lipinski definition) is 4. The molecule has 2 aromatic heterocycles. The highest BCUT2D eigenvalue weighted by molar-refractivity contribution is 7.12. The predicted molar refractivity (Wildman–Crippen MR) is 72.3 cm³/mol. The molecule has 0 unspecified atom stereocenters. The summed E-state index contributed by atoms with van der Waals surface area (Å²) in [5.41, 5.74) is 9.06. The van der Waals surface area contributed by atoms with Crippen molar-refractivity contribution in [3.05, 3.63) is 39.8 Å². The van der Waals surface area contributed by atoms with Crippen molar-refractivity contribution < 1.29 is 0 Å². The number of nitrogen functional groups attached to an aromatic ring is 1. The Morgan fingerprint density at radius 2 is 2.35 bits per heavy atom. The standard InChI is InChI=1S/C13H15N3S/c14-11-8-15-5-4-12(11)16-7-10-6-9-2-1-3-13(9)17-10/h4-6,8H,1-3,7,14H2,(H,15,16). The molecule has 0 bridgehead atoms. The molecule has 0 atom stereocenters. The molecule has 3 N–H and O–H groups in total. The Hall–Kier alpha value is -1.55. The summed E-state index contributed by atoms with van der Waals surface area (Å²) in [5, 5.41) is 3.36. The molecule has 0 radical (unpaired) electrons. The van der Waals surface area contributed by atoms with Crippen LogP contribution >= 0.6 is 11.3 Å². The van der Waals surface area contributed by atoms with Crippen LogP contribution in [0.1, 0.15) is 21.7 Å². The molecule has 0 aromatic carbocycles. The monoisotopic (exact) mass is 245 g/mol. The maximum Gasteiger partial charge on any atom is 0.0736 e. The lowest BCUT2D eigenvalue weighted by atomic mass is 10.2. The zero-order valence-electron chi connectivity index (χ0n) is 9.57. The second kappa shape index (κ2) is 4.37. The molecular weight excluding hydrogens is 230 g/mol. The summed E-state index contributed by atoms with van der Waals surface area (Å²) in [7, 11) is 0. The Balaban J connectivity index is 1.70. The van der Waals surface area contributed by atoms with Crippen molar-refractivity contribution >= 4 is 22.7 Å². The number of rotatable bonds is 3. The summed E-state index contributed by atoms with van der Waals surface area (Å²) >= 11 is 1.93. The molecule has 88 valence electrons. The van der Waals surface area contributed by atoms with E-state index in [9.17, 15) is 0 Å². The fraction of sp³-hybridized carbons (Fsp3) is 0.308. The molecule has 2 heterocycles. The van der Waals surface area contributed by atoms with E-state index in [2.05, 4.69) is 16.4 Å². The molecule has 4 heteroatoms. The molecule has 0 saturated carbocycles. The number of aromatic nitrogens is 1. The zero-order chi connectivity index (χ0) is 11.7. The maximum atomic E-state index is 5.84. The van der Waals surface area contributed by atoms with Gasteiger partial charge in [-0.1, -0.05) is 0 Å². The highest BCUT2D eigenvalue weighted by Gasteiger charge is 2.14. The molecule has 1 aliphatic carbocycles. The minimum Gasteiger partial charge on any atom is -0.396 e. The van der Waals surface area contributed by atoms with Gasteiger partial charge < -0.3 is 11.1 Å². The van der Waals surface area contributed by atoms with Crippen molar-refractivity contribution in [3.63, 3.8) is 0 Å². The van der Waals surface area contributed by atoms with Crippen LogP contribution in [-0.2, 0) is 19.4 Å². The Morgan fingerprint density at radius 1 is 1.41 bits per heavy atom. The van der Waals surface area contributed by atoms with Crippen LogP contribution in [0.15, 0.2) is 24.5 Å². The Bertz CT molecular complexity index is 512. The fourth-order valence-corrected chi connectivity index (χ4v) is 3.43. The van der Waals surface area contributed by atoms with E-state index in [1.807, 2.05) is 17.4 Å². The Labute approximate surface area is 105 Å². The lowest BCUT2D eigenvalue weighted by Crippen LogP contribution is -2.01. The van der Waals surface area contributed by atoms with E-state index in [0.29, 0.717) is 5.69 Å². The van der Waals surface area contributed by atoms with E-state index in [0.717, 1.165) is 12.2 Å². The lowest BCUT2D eigenvalue weighted by Gasteiger charge is -2.06. The van der Waals surface area contributed by atoms with Crippen molar-refractivity contribution in [2.75, 3.05) is 11.1 Å². The number of aryl methyl sites for hydroxylation is 2. The molecule has 1 aliphatic rings. The summed E-state index contributed by atoms with van der Waals surface area (Å²) in [4.78, 5) is 6.95. The molecule has 0 saturated heterocycles. The Kier molecular flexibility index (Phi) is 2.73. The van der Waals surface area contributed by atoms with Crippen LogP contribution in [0.4, 0.5) is 11.4 Å². The van der Waals surface area contributed by atoms with Gasteiger partial charge in [-0.3, -0.25) is 4.98 Å². The fourth-order valence-electron chi connectivity index (χ4n) is 2.23. The SMILES string of the molecule is Nc1cnccc1NCc1cc2c(s1)CCC2. The van der Waals surface area contributed by atoms with Gasteiger partial charge >= 0.3 is 0 Å². The lowest BCUT2D eigenvalue weighted by molar-refractivity contribution is 0.913. The molecule has 3 rings (SSSR count). The van der Waals surface area contributed by atoms with Gasteiger partial charge in [-0.15, -0.1) is 11.3 Å². The van der Waals surface area contributed by atoms with Gasteiger partial charge in [-0.05, 0) is 37.0 Å². The van der Waals surface area contributed by atoms with Crippen LogP contribution in [0.3, 0.4) is 0 Å². The average molecular weight is 245 g/mol. The van der Waals surface area contributed by atoms with Gasteiger partial charge in [0.2, 0.25) is 0 Å². The van der Waals surface area contributed by atoms with Gasteiger partial charge in [-0.25, -0.2) is 0 Å². The van der Waals surface area contributed by atoms with E-state index < -0.39 is 0 Å². The van der Waals surface area contributed by atoms with E-state index in [-0.39, 0.29) is 0 Å². The summed E-state index contributed by atoms with van der Waals surface area (Å²) in [6.45, 7) is 0.853. The third-order valence-corrected chi connectivity index (χ3v) is 4.34. The van der Waals surface area contributed by atoms with Crippen molar-refractivity contribution in [3.8, 4) is 0 Å². The maximum absolute atomic E-state index is 5.84. The molecule has 3 nitrogen and oxygen atoms in total. The number of fused-ring (bicyclic) bond motifs is 1. The summed E-state index contributed by atoms with van der Waals surface area (Å²) in [6, 6.07) is 4.24. The normalized spacial score (nSPS) is 13.6. The molecule has 17 heavy (non-hydrogen) atoms. The van der Waals surface area contributed by atoms with Gasteiger partial charge in [0, 0.05) is 22.5 Å². The van der Waals surface area contributed by atoms with Crippen LogP contribution in [0.5, 0.6) is 0 Å². The number of hydrogen-bond donors (Lipinski definition) is 2. The smallest absolute Gasteiger partial charge is 0.0736 e. The first-order valence-corrected chi connectivity index (χ1v) is 6.68. The van der Waals surface area contributed by atoms with Crippen molar-refractivity contribution in [1.29, 1.82) is 0 Å². The minimum atomic E-state index is 0.705. The molecule has 0 amide bonds. The first kappa shape index (κ1) is 10.6. The number of nitrogens with zero attached hydrogens (tertiary/aromatic N) is 1. The Morgan fingerprint density at radius 3 is 3.18 bits per heavy atom. The molecule has 2 aromatic rings. The summed E-state index contributed by atoms with van der Waals surface area (Å²) < 4.78 is 0. The number of anilines is 2. The van der Waals surface area contributed by atoms with Gasteiger partial charge in [0.15, 0.2) is 0 Å². The van der Waals surface area contributed by atoms with Crippen LogP contribution < -0.4 is 11.1 Å². The number of nitrogens with one attached hydrogen (secondary N) is 1. The first-order chi connectivity index (χ1) is 8.33. The zero-order valence-corrected chi connectivity index (χ0v) is 10.4. The van der Waals surface area contributed by atoms with Gasteiger partial charge in [0.1, 0.15) is 0 Å². The van der Waals surface area contributed by atoms with Crippen LogP contribution in [0, 0.1) is 0 Å². The van der Waals surface area contributed by atoms with Gasteiger partial charge in [-0.2, -0.15) is 0 Å². The summed E-state index contributed by atoms with van der Waals surface area (Å²) in [6.07, 6.45) is 7.27. The first-order valence-electron chi connectivity index (χ1n) is 5.87. The van der Waals surface area contributed by atoms with E-state index in [1.54, 1.807) is 22.8 Å². The molecular formula is C13H15N3S. The van der Waals surface area contributed by atoms with Gasteiger partial charge in [0.05, 0.1) is 17.6 Å². The topological polar surface area (TPSA) is 50.9 Å². The van der Waals surface area contributed by atoms with Crippen LogP contribution in [-0.4, -0.2) is 4.98 Å². The number of nitrogens with two attached hydrogens (primary N) is 1. The summed E-state index contributed by atoms with van der Waals surface area (Å²) in [5.74, 6) is 0. The molecule has 0 spiro atoms. The van der Waals surface area contributed by atoms with Crippen molar-refractivity contribution in [2.24, 2.45) is 0 Å². The third kappa shape index (κ3) is 2.13. The number of pyridine rings is 1.